The molecule has 0 bridgehead atoms. The van der Waals surface area contributed by atoms with Gasteiger partial charge in [0, 0.05) is 24.0 Å². The Bertz CT molecular complexity index is 1460. The number of benzene rings is 3. The van der Waals surface area contributed by atoms with E-state index in [1.807, 2.05) is 25.1 Å². The summed E-state index contributed by atoms with van der Waals surface area (Å²) in [6.07, 6.45) is 7.35. The minimum atomic E-state index is -0.685. The highest BCUT2D eigenvalue weighted by Crippen LogP contribution is 2.38. The van der Waals surface area contributed by atoms with E-state index in [2.05, 4.69) is 66.0 Å². The van der Waals surface area contributed by atoms with Crippen molar-refractivity contribution >= 4 is 22.8 Å². The molecule has 1 aliphatic carbocycles. The molecular formula is C35H38N2O3. The van der Waals surface area contributed by atoms with Gasteiger partial charge in [0.15, 0.2) is 0 Å². The number of pyridine rings is 1. The monoisotopic (exact) mass is 534 g/mol. The molecule has 3 aromatic carbocycles. The molecule has 0 spiro atoms. The molecule has 5 rings (SSSR count). The highest BCUT2D eigenvalue weighted by atomic mass is 16.4. The Kier molecular flexibility index (Phi) is 8.90. The van der Waals surface area contributed by atoms with E-state index < -0.39 is 5.97 Å². The molecule has 4 aromatic rings. The molecule has 0 saturated heterocycles. The predicted molar refractivity (Wildman–Crippen MR) is 161 cm³/mol. The number of aryl methyl sites for hydroxylation is 2. The Labute approximate surface area is 236 Å². The van der Waals surface area contributed by atoms with Crippen molar-refractivity contribution in [2.45, 2.75) is 64.2 Å². The lowest BCUT2D eigenvalue weighted by molar-refractivity contribution is -0.138. The quantitative estimate of drug-likeness (QED) is 0.204. The first-order chi connectivity index (χ1) is 19.5. The molecule has 206 valence electrons. The average molecular weight is 535 g/mol. The molecule has 5 nitrogen and oxygen atoms in total. The standard InChI is InChI=1S/C35H38N2O3/c1-24-21-32(35(40)36-20-6-5-9-25-7-3-2-4-8-25)31-19-18-30(23-33(31)37-24)29-16-14-28(15-17-29)27-12-10-26(11-13-27)22-34(38)39/h2-4,7-8,14-19,21,23,26-27H,5-6,9-13,20,22H2,1H3,(H,36,40)(H,38,39)/t26-,27-. The van der Waals surface area contributed by atoms with Gasteiger partial charge >= 0.3 is 5.97 Å². The number of aliphatic carboxylic acids is 1. The number of carbonyl (C=O) groups is 2. The number of unbranched alkanes of at least 4 members (excludes halogenated alkanes) is 1. The summed E-state index contributed by atoms with van der Waals surface area (Å²) in [5, 5.41) is 13.0. The number of hydrogen-bond donors (Lipinski definition) is 2. The number of amides is 1. The summed E-state index contributed by atoms with van der Waals surface area (Å²) in [6.45, 7) is 2.59. The van der Waals surface area contributed by atoms with Crippen molar-refractivity contribution in [3.63, 3.8) is 0 Å². The molecule has 5 heteroatoms. The summed E-state index contributed by atoms with van der Waals surface area (Å²) in [7, 11) is 0. The molecule has 0 atom stereocenters. The van der Waals surface area contributed by atoms with E-state index in [1.54, 1.807) is 0 Å². The van der Waals surface area contributed by atoms with Crippen LogP contribution in [-0.2, 0) is 11.2 Å². The van der Waals surface area contributed by atoms with Crippen LogP contribution in [0.3, 0.4) is 0 Å². The highest BCUT2D eigenvalue weighted by molar-refractivity contribution is 6.06. The predicted octanol–water partition coefficient (Wildman–Crippen LogP) is 7.71. The van der Waals surface area contributed by atoms with E-state index in [4.69, 9.17) is 10.1 Å². The van der Waals surface area contributed by atoms with Gasteiger partial charge in [-0.15, -0.1) is 0 Å². The maximum atomic E-state index is 13.1. The lowest BCUT2D eigenvalue weighted by Crippen LogP contribution is -2.25. The molecule has 1 heterocycles. The van der Waals surface area contributed by atoms with Crippen LogP contribution < -0.4 is 5.32 Å². The Morgan fingerprint density at radius 1 is 0.875 bits per heavy atom. The number of nitrogens with zero attached hydrogens (tertiary/aromatic N) is 1. The zero-order chi connectivity index (χ0) is 27.9. The second-order valence-corrected chi connectivity index (χ2v) is 11.2. The van der Waals surface area contributed by atoms with Gasteiger partial charge in [-0.3, -0.25) is 14.6 Å². The van der Waals surface area contributed by atoms with Gasteiger partial charge < -0.3 is 10.4 Å². The summed E-state index contributed by atoms with van der Waals surface area (Å²) in [4.78, 5) is 28.9. The van der Waals surface area contributed by atoms with Gasteiger partial charge in [0.05, 0.1) is 11.1 Å². The highest BCUT2D eigenvalue weighted by Gasteiger charge is 2.24. The minimum absolute atomic E-state index is 0.0506. The second-order valence-electron chi connectivity index (χ2n) is 11.2. The molecule has 1 fully saturated rings. The van der Waals surface area contributed by atoms with Crippen molar-refractivity contribution in [1.82, 2.24) is 10.3 Å². The van der Waals surface area contributed by atoms with Crippen LogP contribution in [0, 0.1) is 12.8 Å². The smallest absolute Gasteiger partial charge is 0.303 e. The Balaban J connectivity index is 1.22. The molecule has 1 amide bonds. The summed E-state index contributed by atoms with van der Waals surface area (Å²) in [5.74, 6) is 0.0770. The van der Waals surface area contributed by atoms with Gasteiger partial charge in [0.25, 0.3) is 5.91 Å². The van der Waals surface area contributed by atoms with Gasteiger partial charge in [-0.25, -0.2) is 0 Å². The summed E-state index contributed by atoms with van der Waals surface area (Å²) >= 11 is 0. The van der Waals surface area contributed by atoms with Crippen molar-refractivity contribution in [2.24, 2.45) is 5.92 Å². The molecule has 0 unspecified atom stereocenters. The Morgan fingerprint density at radius 2 is 1.60 bits per heavy atom. The minimum Gasteiger partial charge on any atom is -0.481 e. The summed E-state index contributed by atoms with van der Waals surface area (Å²) < 4.78 is 0. The van der Waals surface area contributed by atoms with E-state index >= 15 is 0 Å². The lowest BCUT2D eigenvalue weighted by atomic mass is 9.77. The van der Waals surface area contributed by atoms with Crippen molar-refractivity contribution in [2.75, 3.05) is 6.54 Å². The van der Waals surface area contributed by atoms with Gasteiger partial charge in [-0.2, -0.15) is 0 Å². The number of hydrogen-bond acceptors (Lipinski definition) is 3. The van der Waals surface area contributed by atoms with Crippen molar-refractivity contribution in [3.8, 4) is 11.1 Å². The molecule has 40 heavy (non-hydrogen) atoms. The van der Waals surface area contributed by atoms with Gasteiger partial charge in [-0.05, 0) is 98.1 Å². The van der Waals surface area contributed by atoms with Crippen LogP contribution in [0.25, 0.3) is 22.0 Å². The van der Waals surface area contributed by atoms with Gasteiger partial charge in [-0.1, -0.05) is 66.7 Å². The van der Waals surface area contributed by atoms with Crippen LogP contribution in [0.2, 0.25) is 0 Å². The second kappa shape index (κ2) is 12.9. The fourth-order valence-electron chi connectivity index (χ4n) is 6.02. The number of nitrogens with one attached hydrogen (secondary N) is 1. The third-order valence-corrected chi connectivity index (χ3v) is 8.23. The van der Waals surface area contributed by atoms with E-state index in [-0.39, 0.29) is 5.91 Å². The van der Waals surface area contributed by atoms with E-state index in [9.17, 15) is 9.59 Å². The topological polar surface area (TPSA) is 79.3 Å². The Morgan fingerprint density at radius 3 is 2.33 bits per heavy atom. The third kappa shape index (κ3) is 6.95. The van der Waals surface area contributed by atoms with Crippen LogP contribution >= 0.6 is 0 Å². The molecule has 1 aromatic heterocycles. The van der Waals surface area contributed by atoms with Crippen LogP contribution in [0.4, 0.5) is 0 Å². The van der Waals surface area contributed by atoms with Crippen molar-refractivity contribution < 1.29 is 14.7 Å². The lowest BCUT2D eigenvalue weighted by Gasteiger charge is -2.28. The molecular weight excluding hydrogens is 496 g/mol. The first-order valence-corrected chi connectivity index (χ1v) is 14.5. The largest absolute Gasteiger partial charge is 0.481 e. The molecule has 0 radical (unpaired) electrons. The SMILES string of the molecule is Cc1cc(C(=O)NCCCCc2ccccc2)c2ccc(-c3ccc([C@H]4CC[C@H](CC(=O)O)CC4)cc3)cc2n1. The van der Waals surface area contributed by atoms with Crippen LogP contribution in [0.15, 0.2) is 78.9 Å². The zero-order valence-electron chi connectivity index (χ0n) is 23.2. The van der Waals surface area contributed by atoms with Gasteiger partial charge in [0.1, 0.15) is 0 Å². The van der Waals surface area contributed by atoms with Crippen LogP contribution in [0.5, 0.6) is 0 Å². The number of aromatic nitrogens is 1. The van der Waals surface area contributed by atoms with Crippen molar-refractivity contribution in [1.29, 1.82) is 0 Å². The maximum absolute atomic E-state index is 13.1. The van der Waals surface area contributed by atoms with Gasteiger partial charge in [0.2, 0.25) is 0 Å². The third-order valence-electron chi connectivity index (χ3n) is 8.23. The van der Waals surface area contributed by atoms with E-state index in [0.717, 1.165) is 72.7 Å². The normalized spacial score (nSPS) is 17.0. The van der Waals surface area contributed by atoms with Crippen LogP contribution in [0.1, 0.15) is 78.0 Å². The number of fused-ring (bicyclic) bond motifs is 1. The average Bonchev–Trinajstić information content (AvgIpc) is 2.97. The molecule has 2 N–H and O–H groups in total. The summed E-state index contributed by atoms with van der Waals surface area (Å²) in [5.41, 5.74) is 7.18. The Hall–Kier alpha value is -3.99. The van der Waals surface area contributed by atoms with E-state index in [0.29, 0.717) is 30.4 Å². The molecule has 1 saturated carbocycles. The molecule has 0 aliphatic heterocycles. The number of carboxylic acid groups (broad SMARTS) is 1. The molecule has 1 aliphatic rings. The maximum Gasteiger partial charge on any atom is 0.303 e. The first-order valence-electron chi connectivity index (χ1n) is 14.5. The number of carbonyl (C=O) groups excluding carboxylic acids is 1. The summed E-state index contributed by atoms with van der Waals surface area (Å²) in [6, 6.07) is 27.2. The zero-order valence-corrected chi connectivity index (χ0v) is 23.2. The number of carboxylic acids is 1. The van der Waals surface area contributed by atoms with Crippen LogP contribution in [-0.4, -0.2) is 28.5 Å². The first kappa shape index (κ1) is 27.6. The van der Waals surface area contributed by atoms with E-state index in [1.165, 1.54) is 11.1 Å². The fourth-order valence-corrected chi connectivity index (χ4v) is 6.02. The number of rotatable bonds is 10. The fraction of sp³-hybridized carbons (Fsp3) is 0.343. The van der Waals surface area contributed by atoms with Crippen molar-refractivity contribution in [3.05, 3.63) is 101 Å².